The van der Waals surface area contributed by atoms with Gasteiger partial charge < -0.3 is 20.3 Å². The Bertz CT molecular complexity index is 467. The zero-order chi connectivity index (χ0) is 15.3. The monoisotopic (exact) mass is 294 g/mol. The van der Waals surface area contributed by atoms with Gasteiger partial charge in [0.25, 0.3) is 0 Å². The summed E-state index contributed by atoms with van der Waals surface area (Å²) in [6.45, 7) is 2.87. The second-order valence-corrected chi connectivity index (χ2v) is 5.51. The Kier molecular flexibility index (Phi) is 5.01. The van der Waals surface area contributed by atoms with Gasteiger partial charge in [0.2, 0.25) is 5.88 Å². The molecule has 1 aliphatic rings. The van der Waals surface area contributed by atoms with E-state index < -0.39 is 11.6 Å². The Morgan fingerprint density at radius 3 is 2.71 bits per heavy atom. The number of aromatic nitrogens is 1. The number of rotatable bonds is 6. The molecule has 1 heterocycles. The molecule has 1 saturated carbocycles. The van der Waals surface area contributed by atoms with Crippen LogP contribution < -0.4 is 10.1 Å². The van der Waals surface area contributed by atoms with Crippen LogP contribution in [0, 0.1) is 5.92 Å². The lowest BCUT2D eigenvalue weighted by molar-refractivity contribution is -0.144. The van der Waals surface area contributed by atoms with Gasteiger partial charge in [-0.2, -0.15) is 0 Å². The molecule has 116 valence electrons. The van der Waals surface area contributed by atoms with E-state index in [1.165, 1.54) is 0 Å². The molecule has 0 aliphatic heterocycles. The second-order valence-electron chi connectivity index (χ2n) is 5.51. The van der Waals surface area contributed by atoms with Crippen LogP contribution in [0.25, 0.3) is 0 Å². The summed E-state index contributed by atoms with van der Waals surface area (Å²) >= 11 is 0. The second kappa shape index (κ2) is 6.76. The van der Waals surface area contributed by atoms with Crippen molar-refractivity contribution >= 4 is 11.7 Å². The van der Waals surface area contributed by atoms with E-state index in [0.29, 0.717) is 44.7 Å². The van der Waals surface area contributed by atoms with Crippen LogP contribution in [-0.4, -0.2) is 39.9 Å². The number of nitrogens with one attached hydrogen (secondary N) is 1. The fourth-order valence-corrected chi connectivity index (χ4v) is 2.56. The lowest BCUT2D eigenvalue weighted by Crippen LogP contribution is -2.41. The molecule has 0 atom stereocenters. The van der Waals surface area contributed by atoms with E-state index in [1.54, 1.807) is 12.3 Å². The number of carbonyl (C=O) groups is 1. The topological polar surface area (TPSA) is 91.7 Å². The molecule has 0 amide bonds. The van der Waals surface area contributed by atoms with Crippen molar-refractivity contribution < 1.29 is 19.7 Å². The fourth-order valence-electron chi connectivity index (χ4n) is 2.56. The highest BCUT2D eigenvalue weighted by molar-refractivity contribution is 5.70. The van der Waals surface area contributed by atoms with E-state index >= 15 is 0 Å². The summed E-state index contributed by atoms with van der Waals surface area (Å²) in [5, 5.41) is 22.6. The lowest BCUT2D eigenvalue weighted by atomic mass is 9.79. The molecule has 0 aromatic carbocycles. The predicted octanol–water partition coefficient (Wildman–Crippen LogP) is 1.90. The highest BCUT2D eigenvalue weighted by Gasteiger charge is 2.35. The lowest BCUT2D eigenvalue weighted by Gasteiger charge is -2.35. The highest BCUT2D eigenvalue weighted by Crippen LogP contribution is 2.32. The molecule has 6 nitrogen and oxygen atoms in total. The molecule has 0 unspecified atom stereocenters. The maximum absolute atomic E-state index is 10.9. The number of ether oxygens (including phenoxy) is 1. The van der Waals surface area contributed by atoms with E-state index in [4.69, 9.17) is 9.84 Å². The first-order valence-electron chi connectivity index (χ1n) is 7.30. The van der Waals surface area contributed by atoms with Crippen LogP contribution in [0.15, 0.2) is 18.3 Å². The minimum Gasteiger partial charge on any atom is -0.481 e. The number of aliphatic carboxylic acids is 1. The Labute approximate surface area is 124 Å². The number of aliphatic hydroxyl groups is 1. The summed E-state index contributed by atoms with van der Waals surface area (Å²) in [6.07, 6.45) is 3.71. The molecular formula is C15H22N2O4. The van der Waals surface area contributed by atoms with Gasteiger partial charge in [0.05, 0.1) is 30.0 Å². The van der Waals surface area contributed by atoms with Crippen molar-refractivity contribution in [3.05, 3.63) is 18.3 Å². The maximum atomic E-state index is 10.9. The molecule has 1 aromatic heterocycles. The molecule has 3 N–H and O–H groups in total. The van der Waals surface area contributed by atoms with Gasteiger partial charge in [-0.15, -0.1) is 0 Å². The molecule has 21 heavy (non-hydrogen) atoms. The molecule has 0 spiro atoms. The third kappa shape index (κ3) is 4.32. The van der Waals surface area contributed by atoms with Gasteiger partial charge >= 0.3 is 5.97 Å². The Morgan fingerprint density at radius 1 is 1.48 bits per heavy atom. The average Bonchev–Trinajstić information content (AvgIpc) is 2.47. The van der Waals surface area contributed by atoms with Crippen LogP contribution in [0.5, 0.6) is 5.88 Å². The third-order valence-corrected chi connectivity index (χ3v) is 3.92. The van der Waals surface area contributed by atoms with Gasteiger partial charge in [-0.05, 0) is 38.7 Å². The van der Waals surface area contributed by atoms with Gasteiger partial charge in [0.15, 0.2) is 0 Å². The van der Waals surface area contributed by atoms with E-state index in [1.807, 2.05) is 13.0 Å². The maximum Gasteiger partial charge on any atom is 0.306 e. The Morgan fingerprint density at radius 2 is 2.19 bits per heavy atom. The van der Waals surface area contributed by atoms with Crippen molar-refractivity contribution in [2.45, 2.75) is 38.2 Å². The van der Waals surface area contributed by atoms with Gasteiger partial charge in [-0.3, -0.25) is 4.79 Å². The van der Waals surface area contributed by atoms with Crippen LogP contribution in [0.3, 0.4) is 0 Å². The summed E-state index contributed by atoms with van der Waals surface area (Å²) in [7, 11) is 0. The first-order valence-corrected chi connectivity index (χ1v) is 7.30. The molecule has 0 bridgehead atoms. The fraction of sp³-hybridized carbons (Fsp3) is 0.600. The number of carboxylic acids is 1. The smallest absolute Gasteiger partial charge is 0.306 e. The summed E-state index contributed by atoms with van der Waals surface area (Å²) in [5.41, 5.74) is -0.0305. The van der Waals surface area contributed by atoms with Crippen molar-refractivity contribution in [2.24, 2.45) is 5.92 Å². The first-order chi connectivity index (χ1) is 10.0. The molecule has 0 saturated heterocycles. The molecule has 2 rings (SSSR count). The normalized spacial score (nSPS) is 25.3. The highest BCUT2D eigenvalue weighted by atomic mass is 16.5. The van der Waals surface area contributed by atoms with Crippen molar-refractivity contribution in [3.8, 4) is 5.88 Å². The van der Waals surface area contributed by atoms with Crippen molar-refractivity contribution in [1.82, 2.24) is 4.98 Å². The number of carboxylic acid groups (broad SMARTS) is 1. The van der Waals surface area contributed by atoms with Crippen molar-refractivity contribution in [1.29, 1.82) is 0 Å². The first kappa shape index (κ1) is 15.6. The number of anilines is 1. The molecule has 6 heteroatoms. The zero-order valence-corrected chi connectivity index (χ0v) is 12.2. The molecule has 1 fully saturated rings. The quantitative estimate of drug-likeness (QED) is 0.742. The van der Waals surface area contributed by atoms with Crippen molar-refractivity contribution in [3.63, 3.8) is 0 Å². The number of hydrogen-bond acceptors (Lipinski definition) is 5. The number of nitrogens with zero attached hydrogens (tertiary/aromatic N) is 1. The van der Waals surface area contributed by atoms with E-state index in [0.717, 1.165) is 5.69 Å². The molecule has 1 aromatic rings. The number of pyridine rings is 1. The van der Waals surface area contributed by atoms with Crippen molar-refractivity contribution in [2.75, 3.05) is 18.5 Å². The minimum atomic E-state index is -0.843. The molecule has 1 aliphatic carbocycles. The Hall–Kier alpha value is -1.82. The molecular weight excluding hydrogens is 272 g/mol. The van der Waals surface area contributed by atoms with Gasteiger partial charge in [-0.1, -0.05) is 0 Å². The summed E-state index contributed by atoms with van der Waals surface area (Å²) in [6, 6.07) is 3.63. The van der Waals surface area contributed by atoms with Crippen LogP contribution in [0.2, 0.25) is 0 Å². The Balaban J connectivity index is 1.83. The zero-order valence-electron chi connectivity index (χ0n) is 12.2. The van der Waals surface area contributed by atoms with Crippen LogP contribution in [0.4, 0.5) is 5.69 Å². The molecule has 0 radical (unpaired) electrons. The number of hydrogen-bond donors (Lipinski definition) is 3. The minimum absolute atomic E-state index is 0.322. The van der Waals surface area contributed by atoms with Crippen LogP contribution >= 0.6 is 0 Å². The van der Waals surface area contributed by atoms with E-state index in [9.17, 15) is 9.90 Å². The van der Waals surface area contributed by atoms with Crippen LogP contribution in [0.1, 0.15) is 32.6 Å². The van der Waals surface area contributed by atoms with Crippen LogP contribution in [-0.2, 0) is 4.79 Å². The van der Waals surface area contributed by atoms with Gasteiger partial charge in [-0.25, -0.2) is 4.98 Å². The summed E-state index contributed by atoms with van der Waals surface area (Å²) in [5.74, 6) is -0.512. The van der Waals surface area contributed by atoms with E-state index in [2.05, 4.69) is 10.3 Å². The summed E-state index contributed by atoms with van der Waals surface area (Å²) < 4.78 is 5.27. The van der Waals surface area contributed by atoms with Gasteiger partial charge in [0.1, 0.15) is 0 Å². The SMILES string of the molecule is CCOc1ccc(NCC2(O)CCC(C(=O)O)CC2)cn1. The largest absolute Gasteiger partial charge is 0.481 e. The third-order valence-electron chi connectivity index (χ3n) is 3.92. The van der Waals surface area contributed by atoms with Gasteiger partial charge in [0, 0.05) is 12.6 Å². The van der Waals surface area contributed by atoms with E-state index in [-0.39, 0.29) is 5.92 Å². The predicted molar refractivity (Wildman–Crippen MR) is 78.4 cm³/mol. The standard InChI is InChI=1S/C15H22N2O4/c1-2-21-13-4-3-12(9-16-13)17-10-15(20)7-5-11(6-8-15)14(18)19/h3-4,9,11,17,20H,2,5-8,10H2,1H3,(H,18,19). The average molecular weight is 294 g/mol. The summed E-state index contributed by atoms with van der Waals surface area (Å²) in [4.78, 5) is 15.1.